The third-order valence-electron chi connectivity index (χ3n) is 5.10. The highest BCUT2D eigenvalue weighted by atomic mass is 32.2. The molecule has 0 unspecified atom stereocenters. The summed E-state index contributed by atoms with van der Waals surface area (Å²) in [5.41, 5.74) is 8.24. The molecular formula is C25H22N2O4S. The quantitative estimate of drug-likeness (QED) is 0.473. The van der Waals surface area contributed by atoms with Gasteiger partial charge in [-0.25, -0.2) is 13.4 Å². The molecule has 3 aromatic carbocycles. The van der Waals surface area contributed by atoms with Crippen molar-refractivity contribution >= 4 is 44.1 Å². The third-order valence-corrected chi connectivity index (χ3v) is 5.10. The molecule has 2 N–H and O–H groups in total. The highest BCUT2D eigenvalue weighted by molar-refractivity contribution is 7.84. The molecule has 0 atom stereocenters. The Labute approximate surface area is 186 Å². The summed E-state index contributed by atoms with van der Waals surface area (Å²) in [5, 5.41) is 1.22. The van der Waals surface area contributed by atoms with E-state index in [0.29, 0.717) is 6.26 Å². The molecule has 4 aromatic rings. The van der Waals surface area contributed by atoms with Crippen LogP contribution in [0.25, 0.3) is 22.0 Å². The van der Waals surface area contributed by atoms with Gasteiger partial charge in [0.25, 0.3) is 0 Å². The molecule has 1 aliphatic rings. The van der Waals surface area contributed by atoms with Gasteiger partial charge in [0.2, 0.25) is 5.69 Å². The van der Waals surface area contributed by atoms with Crippen LogP contribution in [0.15, 0.2) is 79.0 Å². The normalized spacial score (nSPS) is 14.0. The second kappa shape index (κ2) is 8.82. The number of rotatable bonds is 3. The molecule has 7 heteroatoms. The number of methoxy groups -OCH3 is 1. The lowest BCUT2D eigenvalue weighted by molar-refractivity contribution is -0.342. The van der Waals surface area contributed by atoms with Crippen LogP contribution in [0.1, 0.15) is 16.7 Å². The number of para-hydroxylation sites is 2. The molecule has 0 bridgehead atoms. The molecule has 2 heterocycles. The zero-order valence-electron chi connectivity index (χ0n) is 17.6. The summed E-state index contributed by atoms with van der Waals surface area (Å²) in [6, 6.07) is 25.1. The fourth-order valence-electron chi connectivity index (χ4n) is 3.77. The van der Waals surface area contributed by atoms with Gasteiger partial charge in [-0.1, -0.05) is 42.5 Å². The van der Waals surface area contributed by atoms with E-state index in [4.69, 9.17) is 17.7 Å². The lowest BCUT2D eigenvalue weighted by Crippen LogP contribution is -2.58. The summed E-state index contributed by atoms with van der Waals surface area (Å²) in [4.78, 5) is 6.83. The van der Waals surface area contributed by atoms with E-state index in [2.05, 4.69) is 83.1 Å². The standard InChI is InChI=1S/C24H18N2O.CH4O3S/c1-27-17-12-10-16(11-13-17)24(20-14-25-22-8-4-2-6-18(20)22)21-15-26-23-9-5-3-7-19(21)23;1-5(2,3)4/h2-15,25H,1H3;1H3,(H,2,3,4). The van der Waals surface area contributed by atoms with Crippen molar-refractivity contribution in [1.82, 2.24) is 4.98 Å². The van der Waals surface area contributed by atoms with E-state index in [0.717, 1.165) is 22.5 Å². The molecule has 0 saturated heterocycles. The van der Waals surface area contributed by atoms with Gasteiger partial charge < -0.3 is 14.3 Å². The molecule has 1 aromatic heterocycles. The predicted molar refractivity (Wildman–Crippen MR) is 126 cm³/mol. The first kappa shape index (κ1) is 21.5. The van der Waals surface area contributed by atoms with Crippen molar-refractivity contribution in [1.29, 1.82) is 0 Å². The second-order valence-electron chi connectivity index (χ2n) is 7.30. The Morgan fingerprint density at radius 2 is 1.62 bits per heavy atom. The smallest absolute Gasteiger partial charge is 0.211 e. The number of H-pyrrole nitrogens is 1. The third kappa shape index (κ3) is 4.64. The first-order valence-electron chi connectivity index (χ1n) is 9.90. The molecule has 6 nitrogen and oxygen atoms in total. The molecule has 0 amide bonds. The SMILES string of the molecule is COc1ccc(C(=C2C=[NH+]c3ccccc32)c2c[nH]c3ccccc23)cc1.CS(=O)(=O)[O-]. The number of hydrogen-bond donors (Lipinski definition) is 2. The first-order chi connectivity index (χ1) is 15.3. The number of benzene rings is 3. The number of hydrogen-bond acceptors (Lipinski definition) is 4. The van der Waals surface area contributed by atoms with Crippen molar-refractivity contribution in [2.75, 3.05) is 13.4 Å². The maximum Gasteiger partial charge on any atom is 0.211 e. The van der Waals surface area contributed by atoms with Gasteiger partial charge in [0, 0.05) is 40.6 Å². The lowest BCUT2D eigenvalue weighted by atomic mass is 9.90. The lowest BCUT2D eigenvalue weighted by Gasteiger charge is -2.11. The summed E-state index contributed by atoms with van der Waals surface area (Å²) >= 11 is 0. The summed E-state index contributed by atoms with van der Waals surface area (Å²) in [6.07, 6.45) is 4.81. The van der Waals surface area contributed by atoms with Crippen LogP contribution in [0.5, 0.6) is 5.75 Å². The Kier molecular flexibility index (Phi) is 5.94. The summed E-state index contributed by atoms with van der Waals surface area (Å²) in [5.74, 6) is 0.857. The highest BCUT2D eigenvalue weighted by Crippen LogP contribution is 2.37. The summed E-state index contributed by atoms with van der Waals surface area (Å²) < 4.78 is 32.6. The minimum absolute atomic E-state index is 0.604. The Balaban J connectivity index is 0.000000444. The molecular weight excluding hydrogens is 424 g/mol. The van der Waals surface area contributed by atoms with E-state index in [-0.39, 0.29) is 0 Å². The van der Waals surface area contributed by atoms with Crippen LogP contribution in [-0.4, -0.2) is 37.5 Å². The van der Waals surface area contributed by atoms with Crippen molar-refractivity contribution in [3.05, 3.63) is 95.7 Å². The van der Waals surface area contributed by atoms with Crippen molar-refractivity contribution < 1.29 is 22.7 Å². The molecule has 1 aliphatic heterocycles. The van der Waals surface area contributed by atoms with Gasteiger partial charge in [0.1, 0.15) is 5.75 Å². The van der Waals surface area contributed by atoms with Gasteiger partial charge >= 0.3 is 0 Å². The number of aromatic nitrogens is 1. The summed E-state index contributed by atoms with van der Waals surface area (Å²) in [7, 11) is -2.22. The Morgan fingerprint density at radius 1 is 0.969 bits per heavy atom. The Hall–Kier alpha value is -3.68. The number of nitrogens with one attached hydrogen (secondary N) is 2. The molecule has 162 valence electrons. The largest absolute Gasteiger partial charge is 0.748 e. The van der Waals surface area contributed by atoms with E-state index in [1.54, 1.807) is 7.11 Å². The fraction of sp³-hybridized carbons (Fsp3) is 0.0800. The van der Waals surface area contributed by atoms with Gasteiger partial charge in [-0.2, -0.15) is 0 Å². The minimum Gasteiger partial charge on any atom is -0.748 e. The maximum absolute atomic E-state index is 9.08. The van der Waals surface area contributed by atoms with Gasteiger partial charge in [0.15, 0.2) is 6.21 Å². The van der Waals surface area contributed by atoms with E-state index >= 15 is 0 Å². The molecule has 32 heavy (non-hydrogen) atoms. The van der Waals surface area contributed by atoms with Crippen molar-refractivity contribution in [3.8, 4) is 5.75 Å². The average molecular weight is 447 g/mol. The average Bonchev–Trinajstić information content (AvgIpc) is 3.39. The molecule has 0 fully saturated rings. The monoisotopic (exact) mass is 446 g/mol. The fourth-order valence-corrected chi connectivity index (χ4v) is 3.77. The van der Waals surface area contributed by atoms with Crippen LogP contribution in [-0.2, 0) is 10.1 Å². The van der Waals surface area contributed by atoms with Crippen molar-refractivity contribution in [2.45, 2.75) is 0 Å². The number of ether oxygens (including phenoxy) is 1. The van der Waals surface area contributed by atoms with Gasteiger partial charge in [-0.05, 0) is 29.8 Å². The van der Waals surface area contributed by atoms with E-state index in [9.17, 15) is 0 Å². The van der Waals surface area contributed by atoms with Gasteiger partial charge in [-0.15, -0.1) is 0 Å². The Bertz CT molecular complexity index is 1420. The second-order valence-corrected chi connectivity index (χ2v) is 8.71. The van der Waals surface area contributed by atoms with Crippen molar-refractivity contribution in [2.24, 2.45) is 0 Å². The molecule has 0 aliphatic carbocycles. The van der Waals surface area contributed by atoms with Crippen LogP contribution >= 0.6 is 0 Å². The van der Waals surface area contributed by atoms with E-state index in [1.165, 1.54) is 27.7 Å². The van der Waals surface area contributed by atoms with Crippen LogP contribution in [0.4, 0.5) is 5.69 Å². The predicted octanol–water partition coefficient (Wildman–Crippen LogP) is 3.09. The zero-order chi connectivity index (χ0) is 22.7. The van der Waals surface area contributed by atoms with Crippen LogP contribution in [0, 0.1) is 0 Å². The Morgan fingerprint density at radius 3 is 2.34 bits per heavy atom. The number of aromatic amines is 1. The molecule has 0 spiro atoms. The number of allylic oxidation sites excluding steroid dienone is 1. The van der Waals surface area contributed by atoms with Crippen LogP contribution in [0.2, 0.25) is 0 Å². The highest BCUT2D eigenvalue weighted by Gasteiger charge is 2.24. The molecule has 5 rings (SSSR count). The van der Waals surface area contributed by atoms with Gasteiger partial charge in [-0.3, -0.25) is 0 Å². The van der Waals surface area contributed by atoms with Crippen molar-refractivity contribution in [3.63, 3.8) is 0 Å². The molecule has 0 saturated carbocycles. The van der Waals surface area contributed by atoms with Crippen LogP contribution in [0.3, 0.4) is 0 Å². The van der Waals surface area contributed by atoms with E-state index in [1.807, 2.05) is 12.1 Å². The van der Waals surface area contributed by atoms with Crippen LogP contribution < -0.4 is 9.73 Å². The minimum atomic E-state index is -3.92. The number of fused-ring (bicyclic) bond motifs is 2. The maximum atomic E-state index is 9.08. The van der Waals surface area contributed by atoms with Gasteiger partial charge in [0.05, 0.1) is 28.4 Å². The first-order valence-corrected chi connectivity index (χ1v) is 11.7. The van der Waals surface area contributed by atoms with E-state index < -0.39 is 10.1 Å². The zero-order valence-corrected chi connectivity index (χ0v) is 18.4. The summed E-state index contributed by atoms with van der Waals surface area (Å²) in [6.45, 7) is 0. The topological polar surface area (TPSA) is 96.2 Å². The molecule has 0 radical (unpaired) electrons.